The van der Waals surface area contributed by atoms with Crippen molar-refractivity contribution >= 4 is 15.9 Å². The molecular formula is C11H17BrLiNO. The van der Waals surface area contributed by atoms with Crippen molar-refractivity contribution in [2.75, 3.05) is 0 Å². The van der Waals surface area contributed by atoms with Crippen LogP contribution in [0.15, 0.2) is 22.9 Å². The molecule has 1 aromatic rings. The van der Waals surface area contributed by atoms with Gasteiger partial charge in [0.25, 0.3) is 0 Å². The molecule has 1 aromatic heterocycles. The van der Waals surface area contributed by atoms with Crippen LogP contribution in [0.2, 0.25) is 0 Å². The van der Waals surface area contributed by atoms with Gasteiger partial charge in [-0.3, -0.25) is 0 Å². The number of aliphatic hydroxyl groups is 1. The van der Waals surface area contributed by atoms with Crippen molar-refractivity contribution < 1.29 is 24.0 Å². The molecule has 0 aromatic carbocycles. The third-order valence-electron chi connectivity index (χ3n) is 1.59. The molecule has 0 aliphatic heterocycles. The number of aromatic nitrogens is 1. The average Bonchev–Trinajstić information content (AvgIpc) is 2.18. The Morgan fingerprint density at radius 1 is 1.60 bits per heavy atom. The minimum Gasteiger partial charge on any atom is -0.389 e. The Bertz CT molecular complexity index is 254. The third kappa shape index (κ3) is 8.04. The Morgan fingerprint density at radius 3 is 2.40 bits per heavy atom. The Morgan fingerprint density at radius 2 is 2.13 bits per heavy atom. The largest absolute Gasteiger partial charge is 1.00 e. The van der Waals surface area contributed by atoms with E-state index in [1.165, 1.54) is 6.42 Å². The normalized spacial score (nSPS) is 10.7. The van der Waals surface area contributed by atoms with Gasteiger partial charge in [0.05, 0.1) is 6.10 Å². The molecule has 0 saturated carbocycles. The van der Waals surface area contributed by atoms with Crippen molar-refractivity contribution in [3.8, 4) is 0 Å². The van der Waals surface area contributed by atoms with Gasteiger partial charge < -0.3 is 12.0 Å². The van der Waals surface area contributed by atoms with E-state index in [4.69, 9.17) is 5.11 Å². The first kappa shape index (κ1) is 17.6. The second-order valence-electron chi connectivity index (χ2n) is 2.91. The van der Waals surface area contributed by atoms with Crippen molar-refractivity contribution in [1.29, 1.82) is 0 Å². The summed E-state index contributed by atoms with van der Waals surface area (Å²) in [6, 6.07) is 3.63. The van der Waals surface area contributed by atoms with Crippen LogP contribution in [0.25, 0.3) is 0 Å². The second-order valence-corrected chi connectivity index (χ2v) is 3.66. The summed E-state index contributed by atoms with van der Waals surface area (Å²) >= 11 is 3.23. The second kappa shape index (κ2) is 10.7. The maximum atomic E-state index is 9.13. The summed E-state index contributed by atoms with van der Waals surface area (Å²) in [4.78, 5) is 3.96. The molecule has 1 atom stereocenters. The molecule has 0 bridgehead atoms. The predicted molar refractivity (Wildman–Crippen MR) is 62.8 cm³/mol. The molecule has 0 amide bonds. The first-order chi connectivity index (χ1) is 6.63. The molecule has 1 rings (SSSR count). The van der Waals surface area contributed by atoms with Crippen LogP contribution >= 0.6 is 15.9 Å². The van der Waals surface area contributed by atoms with Gasteiger partial charge in [0.2, 0.25) is 0 Å². The SMILES string of the molecule is CC(O)c1cccnc1Br.[CH2-]CCC.[Li+]. The molecule has 1 unspecified atom stereocenters. The molecule has 4 heteroatoms. The van der Waals surface area contributed by atoms with Gasteiger partial charge in [-0.15, -0.1) is 0 Å². The average molecular weight is 266 g/mol. The monoisotopic (exact) mass is 265 g/mol. The summed E-state index contributed by atoms with van der Waals surface area (Å²) in [5.41, 5.74) is 0.822. The predicted octanol–water partition coefficient (Wildman–Crippen LogP) is 0.522. The molecule has 80 valence electrons. The first-order valence-corrected chi connectivity index (χ1v) is 5.50. The number of rotatable bonds is 2. The minimum absolute atomic E-state index is 0. The molecule has 0 aliphatic carbocycles. The maximum Gasteiger partial charge on any atom is 1.00 e. The quantitative estimate of drug-likeness (QED) is 0.481. The van der Waals surface area contributed by atoms with E-state index >= 15 is 0 Å². The minimum atomic E-state index is -0.455. The van der Waals surface area contributed by atoms with Gasteiger partial charge >= 0.3 is 18.9 Å². The van der Waals surface area contributed by atoms with Gasteiger partial charge in [0, 0.05) is 11.8 Å². The molecule has 1 heterocycles. The van der Waals surface area contributed by atoms with Crippen LogP contribution in [0.4, 0.5) is 0 Å². The van der Waals surface area contributed by atoms with Gasteiger partial charge in [0.15, 0.2) is 0 Å². The van der Waals surface area contributed by atoms with Crippen LogP contribution in [-0.2, 0) is 0 Å². The summed E-state index contributed by atoms with van der Waals surface area (Å²) in [5.74, 6) is 0. The van der Waals surface area contributed by atoms with Gasteiger partial charge in [-0.25, -0.2) is 4.98 Å². The van der Waals surface area contributed by atoms with Gasteiger partial charge in [-0.2, -0.15) is 6.42 Å². The van der Waals surface area contributed by atoms with E-state index in [-0.39, 0.29) is 18.9 Å². The molecule has 0 radical (unpaired) electrons. The molecule has 0 aliphatic rings. The van der Waals surface area contributed by atoms with Gasteiger partial charge in [-0.1, -0.05) is 19.4 Å². The summed E-state index contributed by atoms with van der Waals surface area (Å²) in [6.07, 6.45) is 3.50. The number of halogens is 1. The zero-order valence-corrected chi connectivity index (χ0v) is 11.3. The van der Waals surface area contributed by atoms with Crippen molar-refractivity contribution in [3.63, 3.8) is 0 Å². The van der Waals surface area contributed by atoms with E-state index < -0.39 is 6.10 Å². The third-order valence-corrected chi connectivity index (χ3v) is 2.25. The standard InChI is InChI=1S/C7H8BrNO.C4H9.Li/c1-5(10)6-3-2-4-9-7(6)8;1-3-4-2;/h2-5,10H,1H3;1,3-4H2,2H3;/q;-1;+1. The molecular weight excluding hydrogens is 249 g/mol. The Labute approximate surface area is 113 Å². The number of hydrogen-bond acceptors (Lipinski definition) is 2. The zero-order valence-electron chi connectivity index (χ0n) is 9.70. The van der Waals surface area contributed by atoms with Gasteiger partial charge in [-0.05, 0) is 28.9 Å². The number of pyridine rings is 1. The van der Waals surface area contributed by atoms with Crippen molar-refractivity contribution in [2.45, 2.75) is 32.8 Å². The van der Waals surface area contributed by atoms with Crippen molar-refractivity contribution in [2.24, 2.45) is 0 Å². The molecule has 2 nitrogen and oxygen atoms in total. The van der Waals surface area contributed by atoms with Crippen LogP contribution in [0.5, 0.6) is 0 Å². The van der Waals surface area contributed by atoms with Crippen LogP contribution < -0.4 is 18.9 Å². The number of unbranched alkanes of at least 4 members (excludes halogenated alkanes) is 1. The van der Waals surface area contributed by atoms with E-state index in [1.807, 2.05) is 6.07 Å². The number of hydrogen-bond donors (Lipinski definition) is 1. The fourth-order valence-corrected chi connectivity index (χ4v) is 1.29. The molecule has 0 fully saturated rings. The van der Waals surface area contributed by atoms with Crippen LogP contribution in [0, 0.1) is 6.92 Å². The summed E-state index contributed by atoms with van der Waals surface area (Å²) in [7, 11) is 0. The Kier molecular flexibility index (Phi) is 12.5. The molecule has 1 N–H and O–H groups in total. The van der Waals surface area contributed by atoms with Crippen molar-refractivity contribution in [3.05, 3.63) is 35.4 Å². The topological polar surface area (TPSA) is 33.1 Å². The summed E-state index contributed by atoms with van der Waals surface area (Å²) in [5, 5.41) is 9.13. The maximum absolute atomic E-state index is 9.13. The first-order valence-electron chi connectivity index (χ1n) is 4.71. The van der Waals surface area contributed by atoms with E-state index in [2.05, 4.69) is 34.8 Å². The molecule has 0 saturated heterocycles. The Balaban J connectivity index is 0. The molecule has 15 heavy (non-hydrogen) atoms. The fraction of sp³-hybridized carbons (Fsp3) is 0.455. The van der Waals surface area contributed by atoms with E-state index in [0.717, 1.165) is 12.0 Å². The molecule has 0 spiro atoms. The fourth-order valence-electron chi connectivity index (χ4n) is 0.710. The van der Waals surface area contributed by atoms with Crippen LogP contribution in [-0.4, -0.2) is 10.1 Å². The van der Waals surface area contributed by atoms with Crippen molar-refractivity contribution in [1.82, 2.24) is 4.98 Å². The van der Waals surface area contributed by atoms with Crippen LogP contribution in [0.1, 0.15) is 38.4 Å². The number of aliphatic hydroxyl groups excluding tert-OH is 1. The smallest absolute Gasteiger partial charge is 0.389 e. The summed E-state index contributed by atoms with van der Waals surface area (Å²) in [6.45, 7) is 7.43. The Hall–Kier alpha value is 0.187. The zero-order chi connectivity index (χ0) is 11.0. The van der Waals surface area contributed by atoms with Gasteiger partial charge in [0.1, 0.15) is 4.60 Å². The van der Waals surface area contributed by atoms with E-state index in [9.17, 15) is 0 Å². The van der Waals surface area contributed by atoms with Crippen LogP contribution in [0.3, 0.4) is 0 Å². The summed E-state index contributed by atoms with van der Waals surface area (Å²) < 4.78 is 0.713. The number of nitrogens with zero attached hydrogens (tertiary/aromatic N) is 1. The van der Waals surface area contributed by atoms with E-state index in [0.29, 0.717) is 4.60 Å². The van der Waals surface area contributed by atoms with E-state index in [1.54, 1.807) is 19.2 Å².